The molecule has 0 amide bonds. The lowest BCUT2D eigenvalue weighted by atomic mass is 10.3. The molecule has 0 bridgehead atoms. The highest BCUT2D eigenvalue weighted by Crippen LogP contribution is 2.29. The zero-order valence-corrected chi connectivity index (χ0v) is 9.51. The fourth-order valence-corrected chi connectivity index (χ4v) is 1.26. The fraction of sp³-hybridized carbons (Fsp3) is 0.222. The van der Waals surface area contributed by atoms with Crippen LogP contribution in [0.3, 0.4) is 0 Å². The Bertz CT molecular complexity index is 384. The Balaban J connectivity index is 2.86. The molecule has 6 heteroatoms. The first kappa shape index (κ1) is 11.8. The van der Waals surface area contributed by atoms with Crippen molar-refractivity contribution in [1.82, 2.24) is 0 Å². The molecular formula is C9H9BrFNO3. The predicted molar refractivity (Wildman–Crippen MR) is 56.2 cm³/mol. The smallest absolute Gasteiger partial charge is 0.434 e. The lowest BCUT2D eigenvalue weighted by Gasteiger charge is -2.07. The van der Waals surface area contributed by atoms with Crippen LogP contribution in [0.2, 0.25) is 0 Å². The van der Waals surface area contributed by atoms with Crippen LogP contribution in [0.15, 0.2) is 16.6 Å². The zero-order valence-electron chi connectivity index (χ0n) is 7.92. The van der Waals surface area contributed by atoms with Crippen molar-refractivity contribution >= 4 is 27.8 Å². The van der Waals surface area contributed by atoms with Crippen molar-refractivity contribution in [3.8, 4) is 5.75 Å². The number of ether oxygens (including phenoxy) is 2. The fourth-order valence-electron chi connectivity index (χ4n) is 0.860. The van der Waals surface area contributed by atoms with E-state index in [1.165, 1.54) is 6.07 Å². The quantitative estimate of drug-likeness (QED) is 0.513. The number of carbonyl (C=O) groups excluding carboxylic acids is 1. The highest BCUT2D eigenvalue weighted by Gasteiger charge is 2.11. The summed E-state index contributed by atoms with van der Waals surface area (Å²) in [6, 6.07) is 2.32. The number of hydrogen-bond donors (Lipinski definition) is 1. The minimum Gasteiger partial charge on any atom is -0.434 e. The number of hydrogen-bond acceptors (Lipinski definition) is 4. The molecular weight excluding hydrogens is 269 g/mol. The molecule has 0 aliphatic rings. The molecule has 0 radical (unpaired) electrons. The van der Waals surface area contributed by atoms with E-state index in [9.17, 15) is 9.18 Å². The SMILES string of the molecule is CCOC(=O)Oc1cc(N)c(F)cc1Br. The summed E-state index contributed by atoms with van der Waals surface area (Å²) in [6.07, 6.45) is -0.857. The molecule has 4 nitrogen and oxygen atoms in total. The lowest BCUT2D eigenvalue weighted by Crippen LogP contribution is -2.10. The molecule has 0 heterocycles. The van der Waals surface area contributed by atoms with Gasteiger partial charge in [-0.1, -0.05) is 0 Å². The maximum absolute atomic E-state index is 12.9. The van der Waals surface area contributed by atoms with Gasteiger partial charge in [-0.05, 0) is 28.9 Å². The summed E-state index contributed by atoms with van der Waals surface area (Å²) >= 11 is 3.03. The van der Waals surface area contributed by atoms with Crippen molar-refractivity contribution in [3.05, 3.63) is 22.4 Å². The van der Waals surface area contributed by atoms with Gasteiger partial charge >= 0.3 is 6.16 Å². The van der Waals surface area contributed by atoms with Crippen LogP contribution in [0.25, 0.3) is 0 Å². The van der Waals surface area contributed by atoms with Crippen molar-refractivity contribution in [2.75, 3.05) is 12.3 Å². The van der Waals surface area contributed by atoms with Gasteiger partial charge in [-0.3, -0.25) is 0 Å². The van der Waals surface area contributed by atoms with Crippen LogP contribution in [0.1, 0.15) is 6.92 Å². The van der Waals surface area contributed by atoms with E-state index in [-0.39, 0.29) is 18.0 Å². The predicted octanol–water partition coefficient (Wildman–Crippen LogP) is 2.71. The second kappa shape index (κ2) is 4.97. The Hall–Kier alpha value is -1.30. The van der Waals surface area contributed by atoms with E-state index in [0.717, 1.165) is 6.07 Å². The van der Waals surface area contributed by atoms with Gasteiger partial charge in [0.15, 0.2) is 5.75 Å². The van der Waals surface area contributed by atoms with Crippen molar-refractivity contribution in [2.24, 2.45) is 0 Å². The summed E-state index contributed by atoms with van der Waals surface area (Å²) in [4.78, 5) is 11.0. The second-order valence-electron chi connectivity index (χ2n) is 2.59. The molecule has 0 saturated carbocycles. The summed E-state index contributed by atoms with van der Waals surface area (Å²) in [7, 11) is 0. The highest BCUT2D eigenvalue weighted by atomic mass is 79.9. The third kappa shape index (κ3) is 3.09. The molecule has 0 aliphatic carbocycles. The summed E-state index contributed by atoms with van der Waals surface area (Å²) in [6.45, 7) is 1.85. The van der Waals surface area contributed by atoms with E-state index >= 15 is 0 Å². The van der Waals surface area contributed by atoms with Crippen LogP contribution < -0.4 is 10.5 Å². The molecule has 15 heavy (non-hydrogen) atoms. The van der Waals surface area contributed by atoms with Crippen molar-refractivity contribution in [2.45, 2.75) is 6.92 Å². The van der Waals surface area contributed by atoms with Gasteiger partial charge in [-0.15, -0.1) is 0 Å². The molecule has 1 aromatic carbocycles. The molecule has 0 aliphatic heterocycles. The van der Waals surface area contributed by atoms with Crippen LogP contribution in [0, 0.1) is 5.82 Å². The Kier molecular flexibility index (Phi) is 3.90. The van der Waals surface area contributed by atoms with Gasteiger partial charge in [0.25, 0.3) is 0 Å². The van der Waals surface area contributed by atoms with Gasteiger partial charge in [0.1, 0.15) is 5.82 Å². The molecule has 0 fully saturated rings. The molecule has 0 saturated heterocycles. The molecule has 0 unspecified atom stereocenters. The van der Waals surface area contributed by atoms with E-state index in [1.54, 1.807) is 6.92 Å². The van der Waals surface area contributed by atoms with Crippen molar-refractivity contribution < 1.29 is 18.7 Å². The van der Waals surface area contributed by atoms with E-state index in [2.05, 4.69) is 20.7 Å². The topological polar surface area (TPSA) is 61.5 Å². The largest absolute Gasteiger partial charge is 0.513 e. The number of benzene rings is 1. The number of nitrogen functional groups attached to an aromatic ring is 1. The second-order valence-corrected chi connectivity index (χ2v) is 3.44. The van der Waals surface area contributed by atoms with Gasteiger partial charge in [-0.2, -0.15) is 0 Å². The molecule has 0 spiro atoms. The zero-order chi connectivity index (χ0) is 11.4. The van der Waals surface area contributed by atoms with Crippen LogP contribution in [0.5, 0.6) is 5.75 Å². The summed E-state index contributed by atoms with van der Waals surface area (Å²) in [5.74, 6) is -0.467. The number of halogens is 2. The minimum atomic E-state index is -0.857. The van der Waals surface area contributed by atoms with Crippen LogP contribution in [-0.2, 0) is 4.74 Å². The van der Waals surface area contributed by atoms with Crippen molar-refractivity contribution in [3.63, 3.8) is 0 Å². The molecule has 2 N–H and O–H groups in total. The lowest BCUT2D eigenvalue weighted by molar-refractivity contribution is 0.104. The number of rotatable bonds is 2. The van der Waals surface area contributed by atoms with Crippen molar-refractivity contribution in [1.29, 1.82) is 0 Å². The van der Waals surface area contributed by atoms with E-state index in [4.69, 9.17) is 10.5 Å². The van der Waals surface area contributed by atoms with Gasteiger partial charge in [0.2, 0.25) is 0 Å². The summed E-state index contributed by atoms with van der Waals surface area (Å²) in [5.41, 5.74) is 5.21. The first-order valence-electron chi connectivity index (χ1n) is 4.13. The third-order valence-electron chi connectivity index (χ3n) is 1.51. The molecule has 82 valence electrons. The number of carbonyl (C=O) groups is 1. The van der Waals surface area contributed by atoms with Crippen LogP contribution >= 0.6 is 15.9 Å². The monoisotopic (exact) mass is 277 g/mol. The molecule has 0 aromatic heterocycles. The number of nitrogens with two attached hydrogens (primary N) is 1. The van der Waals surface area contributed by atoms with E-state index < -0.39 is 12.0 Å². The Morgan fingerprint density at radius 2 is 2.27 bits per heavy atom. The summed E-state index contributed by atoms with van der Waals surface area (Å²) < 4.78 is 22.5. The Morgan fingerprint density at radius 1 is 1.60 bits per heavy atom. The molecule has 0 atom stereocenters. The highest BCUT2D eigenvalue weighted by molar-refractivity contribution is 9.10. The van der Waals surface area contributed by atoms with E-state index in [1.807, 2.05) is 0 Å². The van der Waals surface area contributed by atoms with Crippen LogP contribution in [-0.4, -0.2) is 12.8 Å². The Labute approximate surface area is 94.3 Å². The standard InChI is InChI=1S/C9H9BrFNO3/c1-2-14-9(13)15-8-4-7(12)6(11)3-5(8)10/h3-4H,2,12H2,1H3. The first-order chi connectivity index (χ1) is 7.04. The Morgan fingerprint density at radius 3 is 2.87 bits per heavy atom. The number of anilines is 1. The maximum atomic E-state index is 12.9. The summed E-state index contributed by atoms with van der Waals surface area (Å²) in [5, 5.41) is 0. The van der Waals surface area contributed by atoms with E-state index in [0.29, 0.717) is 4.47 Å². The average molecular weight is 278 g/mol. The van der Waals surface area contributed by atoms with Gasteiger partial charge in [-0.25, -0.2) is 9.18 Å². The van der Waals surface area contributed by atoms with Gasteiger partial charge < -0.3 is 15.2 Å². The molecule has 1 aromatic rings. The first-order valence-corrected chi connectivity index (χ1v) is 4.93. The van der Waals surface area contributed by atoms with Gasteiger partial charge in [0, 0.05) is 6.07 Å². The normalized spacial score (nSPS) is 9.80. The minimum absolute atomic E-state index is 0.0995. The van der Waals surface area contributed by atoms with Crippen LogP contribution in [0.4, 0.5) is 14.9 Å². The molecule has 1 rings (SSSR count). The maximum Gasteiger partial charge on any atom is 0.513 e. The van der Waals surface area contributed by atoms with Gasteiger partial charge in [0.05, 0.1) is 16.8 Å². The average Bonchev–Trinajstić information content (AvgIpc) is 2.14. The third-order valence-corrected chi connectivity index (χ3v) is 2.13.